The van der Waals surface area contributed by atoms with Crippen LogP contribution in [0.3, 0.4) is 0 Å². The molecule has 0 aromatic carbocycles. The third-order valence-electron chi connectivity index (χ3n) is 4.69. The van der Waals surface area contributed by atoms with E-state index in [4.69, 9.17) is 0 Å². The van der Waals surface area contributed by atoms with Crippen LogP contribution in [0.25, 0.3) is 0 Å². The molecule has 28 heavy (non-hydrogen) atoms. The average Bonchev–Trinajstić information content (AvgIpc) is 3.34. The van der Waals surface area contributed by atoms with Crippen LogP contribution in [-0.4, -0.2) is 55.1 Å². The molecule has 0 bridgehead atoms. The number of carbonyl (C=O) groups excluding carboxylic acids is 1. The normalized spacial score (nSPS) is 19.1. The molecule has 9 heteroatoms. The molecule has 1 aromatic heterocycles. The minimum atomic E-state index is -0.289. The second-order valence-corrected chi connectivity index (χ2v) is 7.09. The van der Waals surface area contributed by atoms with Crippen LogP contribution in [0.5, 0.6) is 0 Å². The summed E-state index contributed by atoms with van der Waals surface area (Å²) in [6.45, 7) is 4.82. The third-order valence-corrected chi connectivity index (χ3v) is 4.69. The highest BCUT2D eigenvalue weighted by atomic mass is 127. The number of nitrogens with one attached hydrogen (secondary N) is 3. The lowest BCUT2D eigenvalue weighted by Gasteiger charge is -2.19. The van der Waals surface area contributed by atoms with E-state index < -0.39 is 0 Å². The fourth-order valence-electron chi connectivity index (χ4n) is 3.15. The highest BCUT2D eigenvalue weighted by Gasteiger charge is 2.26. The SMILES string of the molecule is CCNC(=NCCCC(=O)NC1CC1)NC1CCN(c2ncccc2F)C1.I. The van der Waals surface area contributed by atoms with Gasteiger partial charge < -0.3 is 20.9 Å². The summed E-state index contributed by atoms with van der Waals surface area (Å²) < 4.78 is 13.9. The zero-order chi connectivity index (χ0) is 19.1. The molecule has 1 amide bonds. The molecule has 0 spiro atoms. The average molecular weight is 504 g/mol. The van der Waals surface area contributed by atoms with Gasteiger partial charge in [0.25, 0.3) is 0 Å². The van der Waals surface area contributed by atoms with E-state index in [2.05, 4.69) is 25.9 Å². The van der Waals surface area contributed by atoms with Crippen molar-refractivity contribution in [1.82, 2.24) is 20.9 Å². The Morgan fingerprint density at radius 2 is 2.14 bits per heavy atom. The fraction of sp³-hybridized carbons (Fsp3) is 0.632. The van der Waals surface area contributed by atoms with Crippen LogP contribution < -0.4 is 20.9 Å². The lowest BCUT2D eigenvalue weighted by molar-refractivity contribution is -0.121. The standard InChI is InChI=1S/C19H29FN6O.HI/c1-2-21-19(23-11-4-6-17(27)24-14-7-8-14)25-15-9-12-26(13-15)18-16(20)5-3-10-22-18;/h3,5,10,14-15H,2,4,6-9,11-13H2,1H3,(H,24,27)(H2,21,23,25);1H. The first-order valence-electron chi connectivity index (χ1n) is 9.85. The minimum Gasteiger partial charge on any atom is -0.357 e. The van der Waals surface area contributed by atoms with Gasteiger partial charge in [-0.2, -0.15) is 0 Å². The number of carbonyl (C=O) groups is 1. The van der Waals surface area contributed by atoms with Crippen molar-refractivity contribution in [2.24, 2.45) is 4.99 Å². The largest absolute Gasteiger partial charge is 0.357 e. The zero-order valence-electron chi connectivity index (χ0n) is 16.3. The quantitative estimate of drug-likeness (QED) is 0.219. The van der Waals surface area contributed by atoms with Crippen LogP contribution in [0.4, 0.5) is 10.2 Å². The van der Waals surface area contributed by atoms with Gasteiger partial charge in [0.05, 0.1) is 0 Å². The minimum absolute atomic E-state index is 0. The maximum absolute atomic E-state index is 13.9. The molecule has 2 fully saturated rings. The van der Waals surface area contributed by atoms with Crippen LogP contribution in [0.2, 0.25) is 0 Å². The molecule has 1 atom stereocenters. The number of hydrogen-bond donors (Lipinski definition) is 3. The van der Waals surface area contributed by atoms with Gasteiger partial charge in [0.2, 0.25) is 5.91 Å². The summed E-state index contributed by atoms with van der Waals surface area (Å²) in [5, 5.41) is 9.64. The van der Waals surface area contributed by atoms with Crippen molar-refractivity contribution in [2.45, 2.75) is 51.1 Å². The zero-order valence-corrected chi connectivity index (χ0v) is 18.6. The first kappa shape index (κ1) is 22.6. The van der Waals surface area contributed by atoms with Crippen molar-refractivity contribution < 1.29 is 9.18 Å². The fourth-order valence-corrected chi connectivity index (χ4v) is 3.15. The van der Waals surface area contributed by atoms with E-state index in [0.717, 1.165) is 44.7 Å². The predicted octanol–water partition coefficient (Wildman–Crippen LogP) is 2.03. The summed E-state index contributed by atoms with van der Waals surface area (Å²) in [6, 6.07) is 3.64. The van der Waals surface area contributed by atoms with Gasteiger partial charge in [-0.25, -0.2) is 9.37 Å². The summed E-state index contributed by atoms with van der Waals surface area (Å²) in [5.74, 6) is 0.983. The molecule has 2 aliphatic rings. The van der Waals surface area contributed by atoms with Crippen LogP contribution in [0.1, 0.15) is 39.0 Å². The van der Waals surface area contributed by atoms with Crippen molar-refractivity contribution in [3.8, 4) is 0 Å². The van der Waals surface area contributed by atoms with E-state index in [-0.39, 0.29) is 41.7 Å². The molecule has 2 heterocycles. The molecular formula is C19H30FIN6O. The lowest BCUT2D eigenvalue weighted by Crippen LogP contribution is -2.44. The maximum Gasteiger partial charge on any atom is 0.220 e. The van der Waals surface area contributed by atoms with Crippen LogP contribution >= 0.6 is 24.0 Å². The smallest absolute Gasteiger partial charge is 0.220 e. The Balaban J connectivity index is 0.00000280. The molecule has 156 valence electrons. The van der Waals surface area contributed by atoms with Crippen molar-refractivity contribution in [3.05, 3.63) is 24.1 Å². The Bertz CT molecular complexity index is 670. The first-order chi connectivity index (χ1) is 13.2. The van der Waals surface area contributed by atoms with Gasteiger partial charge in [0, 0.05) is 50.9 Å². The van der Waals surface area contributed by atoms with Gasteiger partial charge in [-0.05, 0) is 44.7 Å². The monoisotopic (exact) mass is 504 g/mol. The van der Waals surface area contributed by atoms with Crippen LogP contribution in [-0.2, 0) is 4.79 Å². The topological polar surface area (TPSA) is 81.6 Å². The number of nitrogens with zero attached hydrogens (tertiary/aromatic N) is 3. The molecule has 3 rings (SSSR count). The summed E-state index contributed by atoms with van der Waals surface area (Å²) in [6.07, 6.45) is 5.97. The van der Waals surface area contributed by atoms with Crippen molar-refractivity contribution >= 4 is 41.7 Å². The molecule has 1 aliphatic carbocycles. The van der Waals surface area contributed by atoms with Crippen molar-refractivity contribution in [1.29, 1.82) is 0 Å². The van der Waals surface area contributed by atoms with E-state index in [1.54, 1.807) is 12.3 Å². The molecule has 3 N–H and O–H groups in total. The predicted molar refractivity (Wildman–Crippen MR) is 120 cm³/mol. The van der Waals surface area contributed by atoms with E-state index >= 15 is 0 Å². The Labute approximate surface area is 183 Å². The molecule has 1 aromatic rings. The highest BCUT2D eigenvalue weighted by Crippen LogP contribution is 2.21. The van der Waals surface area contributed by atoms with Gasteiger partial charge in [0.15, 0.2) is 17.6 Å². The van der Waals surface area contributed by atoms with Gasteiger partial charge >= 0.3 is 0 Å². The Morgan fingerprint density at radius 1 is 1.32 bits per heavy atom. The molecule has 7 nitrogen and oxygen atoms in total. The van der Waals surface area contributed by atoms with Gasteiger partial charge in [-0.1, -0.05) is 0 Å². The van der Waals surface area contributed by atoms with Crippen LogP contribution in [0, 0.1) is 5.82 Å². The molecule has 1 unspecified atom stereocenters. The van der Waals surface area contributed by atoms with E-state index in [1.165, 1.54) is 6.07 Å². The number of halogens is 2. The lowest BCUT2D eigenvalue weighted by atomic mass is 10.2. The molecule has 1 aliphatic heterocycles. The number of hydrogen-bond acceptors (Lipinski definition) is 4. The number of guanidine groups is 1. The summed E-state index contributed by atoms with van der Waals surface area (Å²) in [7, 11) is 0. The van der Waals surface area contributed by atoms with Crippen molar-refractivity contribution in [2.75, 3.05) is 31.1 Å². The number of aromatic nitrogens is 1. The number of anilines is 1. The highest BCUT2D eigenvalue weighted by molar-refractivity contribution is 14.0. The number of pyridine rings is 1. The number of rotatable bonds is 8. The first-order valence-corrected chi connectivity index (χ1v) is 9.85. The third kappa shape index (κ3) is 7.06. The van der Waals surface area contributed by atoms with Crippen molar-refractivity contribution in [3.63, 3.8) is 0 Å². The molecular weight excluding hydrogens is 474 g/mol. The van der Waals surface area contributed by atoms with Gasteiger partial charge in [-0.3, -0.25) is 9.79 Å². The Kier molecular flexibility index (Phi) is 9.20. The number of aliphatic imine (C=N–C) groups is 1. The van der Waals surface area contributed by atoms with Gasteiger partial charge in [0.1, 0.15) is 0 Å². The summed E-state index contributed by atoms with van der Waals surface area (Å²) >= 11 is 0. The summed E-state index contributed by atoms with van der Waals surface area (Å²) in [5.41, 5.74) is 0. The Hall–Kier alpha value is -1.65. The molecule has 0 radical (unpaired) electrons. The van der Waals surface area contributed by atoms with Crippen LogP contribution in [0.15, 0.2) is 23.3 Å². The van der Waals surface area contributed by atoms with E-state index in [1.807, 2.05) is 11.8 Å². The van der Waals surface area contributed by atoms with E-state index in [9.17, 15) is 9.18 Å². The second-order valence-electron chi connectivity index (χ2n) is 7.09. The Morgan fingerprint density at radius 3 is 2.86 bits per heavy atom. The molecule has 1 saturated heterocycles. The summed E-state index contributed by atoms with van der Waals surface area (Å²) in [4.78, 5) is 22.4. The number of amides is 1. The maximum atomic E-state index is 13.9. The van der Waals surface area contributed by atoms with Gasteiger partial charge in [-0.15, -0.1) is 24.0 Å². The van der Waals surface area contributed by atoms with E-state index in [0.29, 0.717) is 31.4 Å². The second kappa shape index (κ2) is 11.4. The molecule has 1 saturated carbocycles.